The Labute approximate surface area is 74.8 Å². The van der Waals surface area contributed by atoms with E-state index in [1.54, 1.807) is 0 Å². The van der Waals surface area contributed by atoms with Gasteiger partial charge >= 0.3 is 0 Å². The van der Waals surface area contributed by atoms with E-state index in [4.69, 9.17) is 9.57 Å². The van der Waals surface area contributed by atoms with Gasteiger partial charge in [0.25, 0.3) is 0 Å². The molecule has 3 heteroatoms. The Hall–Kier alpha value is -0.120. The van der Waals surface area contributed by atoms with Crippen LogP contribution < -0.4 is 0 Å². The van der Waals surface area contributed by atoms with E-state index in [-0.39, 0.29) is 5.54 Å². The van der Waals surface area contributed by atoms with Crippen molar-refractivity contribution in [3.8, 4) is 0 Å². The Morgan fingerprint density at radius 2 is 1.92 bits per heavy atom. The molecule has 1 saturated heterocycles. The van der Waals surface area contributed by atoms with Gasteiger partial charge in [0.05, 0.1) is 20.7 Å². The van der Waals surface area contributed by atoms with Crippen molar-refractivity contribution in [3.63, 3.8) is 0 Å². The van der Waals surface area contributed by atoms with Crippen LogP contribution in [0.25, 0.3) is 0 Å². The lowest BCUT2D eigenvalue weighted by Gasteiger charge is -2.38. The van der Waals surface area contributed by atoms with E-state index in [9.17, 15) is 0 Å². The van der Waals surface area contributed by atoms with Crippen LogP contribution in [0.15, 0.2) is 0 Å². The average Bonchev–Trinajstić information content (AvgIpc) is 2.62. The molecular weight excluding hydrogens is 154 g/mol. The van der Waals surface area contributed by atoms with Gasteiger partial charge in [0.15, 0.2) is 0 Å². The molecule has 0 aromatic rings. The molecule has 0 spiro atoms. The third-order valence-electron chi connectivity index (χ3n) is 2.60. The third kappa shape index (κ3) is 2.44. The van der Waals surface area contributed by atoms with Gasteiger partial charge in [0.1, 0.15) is 18.2 Å². The van der Waals surface area contributed by atoms with Gasteiger partial charge < -0.3 is 4.74 Å². The standard InChI is InChI=1S/C9H20NO2/c1-9(2,3)10(4,5)12-7-8-6-11-8/h8H,6-7H2,1-5H3/q+1. The summed E-state index contributed by atoms with van der Waals surface area (Å²) in [4.78, 5) is 5.73. The van der Waals surface area contributed by atoms with Crippen molar-refractivity contribution in [1.82, 2.24) is 0 Å². The van der Waals surface area contributed by atoms with Crippen LogP contribution in [0.1, 0.15) is 20.8 Å². The number of rotatable bonds is 3. The molecule has 1 fully saturated rings. The van der Waals surface area contributed by atoms with Crippen molar-refractivity contribution in [1.29, 1.82) is 0 Å². The minimum atomic E-state index is 0.120. The van der Waals surface area contributed by atoms with Crippen molar-refractivity contribution >= 4 is 0 Å². The molecule has 0 aromatic heterocycles. The normalized spacial score (nSPS) is 24.2. The molecule has 1 atom stereocenters. The lowest BCUT2D eigenvalue weighted by Crippen LogP contribution is -2.54. The smallest absolute Gasteiger partial charge is 0.135 e. The second kappa shape index (κ2) is 2.98. The molecule has 0 aliphatic carbocycles. The molecule has 3 nitrogen and oxygen atoms in total. The highest BCUT2D eigenvalue weighted by atomic mass is 16.7. The first kappa shape index (κ1) is 9.96. The van der Waals surface area contributed by atoms with Gasteiger partial charge in [-0.05, 0) is 20.8 Å². The fourth-order valence-electron chi connectivity index (χ4n) is 0.627. The molecule has 0 aromatic carbocycles. The maximum absolute atomic E-state index is 5.73. The molecule has 0 bridgehead atoms. The van der Waals surface area contributed by atoms with Crippen LogP contribution in [0.4, 0.5) is 0 Å². The lowest BCUT2D eigenvalue weighted by molar-refractivity contribution is -1.11. The highest BCUT2D eigenvalue weighted by molar-refractivity contribution is 4.66. The maximum atomic E-state index is 5.73. The summed E-state index contributed by atoms with van der Waals surface area (Å²) < 4.78 is 5.66. The highest BCUT2D eigenvalue weighted by Gasteiger charge is 2.36. The summed E-state index contributed by atoms with van der Waals surface area (Å²) in [6.07, 6.45) is 0.352. The quantitative estimate of drug-likeness (QED) is 0.364. The van der Waals surface area contributed by atoms with Crippen LogP contribution in [0.5, 0.6) is 0 Å². The fraction of sp³-hybridized carbons (Fsp3) is 1.00. The Morgan fingerprint density at radius 3 is 2.25 bits per heavy atom. The number of nitrogens with zero attached hydrogens (tertiary/aromatic N) is 1. The number of hydroxylamine groups is 3. The van der Waals surface area contributed by atoms with E-state index in [0.29, 0.717) is 17.4 Å². The zero-order valence-corrected chi connectivity index (χ0v) is 8.76. The molecule has 0 radical (unpaired) electrons. The molecule has 12 heavy (non-hydrogen) atoms. The predicted octanol–water partition coefficient (Wildman–Crippen LogP) is 1.19. The molecule has 1 rings (SSSR count). The van der Waals surface area contributed by atoms with Crippen molar-refractivity contribution in [2.45, 2.75) is 32.4 Å². The number of hydrogen-bond donors (Lipinski definition) is 0. The SMILES string of the molecule is CC(C)(C)[N+](C)(C)OCC1CO1. The van der Waals surface area contributed by atoms with Gasteiger partial charge in [-0.15, -0.1) is 0 Å². The Kier molecular flexibility index (Phi) is 2.47. The van der Waals surface area contributed by atoms with E-state index in [1.165, 1.54) is 0 Å². The molecule has 0 saturated carbocycles. The van der Waals surface area contributed by atoms with Crippen LogP contribution in [-0.4, -0.2) is 43.6 Å². The summed E-state index contributed by atoms with van der Waals surface area (Å²) in [7, 11) is 4.14. The molecule has 1 aliphatic heterocycles. The molecule has 72 valence electrons. The summed E-state index contributed by atoms with van der Waals surface area (Å²) >= 11 is 0. The Bertz CT molecular complexity index is 156. The molecule has 0 N–H and O–H groups in total. The Morgan fingerprint density at radius 1 is 1.42 bits per heavy atom. The Balaban J connectivity index is 2.35. The van der Waals surface area contributed by atoms with Gasteiger partial charge in [0.2, 0.25) is 0 Å². The van der Waals surface area contributed by atoms with Gasteiger partial charge in [0, 0.05) is 0 Å². The first-order valence-corrected chi connectivity index (χ1v) is 4.43. The number of ether oxygens (including phenoxy) is 1. The van der Waals surface area contributed by atoms with Crippen molar-refractivity contribution < 1.29 is 14.2 Å². The van der Waals surface area contributed by atoms with E-state index >= 15 is 0 Å². The lowest BCUT2D eigenvalue weighted by atomic mass is 10.1. The summed E-state index contributed by atoms with van der Waals surface area (Å²) in [5, 5.41) is 0. The van der Waals surface area contributed by atoms with Crippen LogP contribution >= 0.6 is 0 Å². The molecule has 1 heterocycles. The van der Waals surface area contributed by atoms with Gasteiger partial charge in [-0.2, -0.15) is 4.65 Å². The summed E-state index contributed by atoms with van der Waals surface area (Å²) in [6.45, 7) is 8.08. The summed E-state index contributed by atoms with van der Waals surface area (Å²) in [6, 6.07) is 0. The zero-order valence-electron chi connectivity index (χ0n) is 8.76. The van der Waals surface area contributed by atoms with Crippen LogP contribution in [0, 0.1) is 0 Å². The largest absolute Gasteiger partial charge is 0.370 e. The van der Waals surface area contributed by atoms with E-state index in [0.717, 1.165) is 6.61 Å². The van der Waals surface area contributed by atoms with Gasteiger partial charge in [-0.3, -0.25) is 0 Å². The van der Waals surface area contributed by atoms with E-state index in [2.05, 4.69) is 34.9 Å². The number of quaternary nitrogens is 1. The average molecular weight is 174 g/mol. The minimum absolute atomic E-state index is 0.120. The molecule has 1 aliphatic rings. The fourth-order valence-corrected chi connectivity index (χ4v) is 0.627. The third-order valence-corrected chi connectivity index (χ3v) is 2.60. The molecule has 1 unspecified atom stereocenters. The molecule has 0 amide bonds. The highest BCUT2D eigenvalue weighted by Crippen LogP contribution is 2.21. The minimum Gasteiger partial charge on any atom is -0.370 e. The van der Waals surface area contributed by atoms with Crippen molar-refractivity contribution in [2.24, 2.45) is 0 Å². The topological polar surface area (TPSA) is 21.8 Å². The van der Waals surface area contributed by atoms with Crippen molar-refractivity contribution in [3.05, 3.63) is 0 Å². The van der Waals surface area contributed by atoms with Gasteiger partial charge in [-0.1, -0.05) is 0 Å². The predicted molar refractivity (Wildman–Crippen MR) is 47.6 cm³/mol. The van der Waals surface area contributed by atoms with E-state index < -0.39 is 0 Å². The molecular formula is C9H20NO2+. The van der Waals surface area contributed by atoms with Crippen molar-refractivity contribution in [2.75, 3.05) is 27.3 Å². The second-order valence-electron chi connectivity index (χ2n) is 4.77. The summed E-state index contributed by atoms with van der Waals surface area (Å²) in [5.74, 6) is 0. The maximum Gasteiger partial charge on any atom is 0.135 e. The number of hydrogen-bond acceptors (Lipinski definition) is 2. The zero-order chi connectivity index (χ0) is 9.41. The second-order valence-corrected chi connectivity index (χ2v) is 4.77. The summed E-state index contributed by atoms with van der Waals surface area (Å²) in [5.41, 5.74) is 0.120. The van der Waals surface area contributed by atoms with Crippen LogP contribution in [0.2, 0.25) is 0 Å². The van der Waals surface area contributed by atoms with Crippen LogP contribution in [0.3, 0.4) is 0 Å². The monoisotopic (exact) mass is 174 g/mol. The first-order chi connectivity index (χ1) is 5.33. The van der Waals surface area contributed by atoms with Gasteiger partial charge in [-0.25, -0.2) is 4.84 Å². The van der Waals surface area contributed by atoms with Crippen LogP contribution in [-0.2, 0) is 9.57 Å². The number of epoxide rings is 1. The first-order valence-electron chi connectivity index (χ1n) is 4.43. The van der Waals surface area contributed by atoms with E-state index in [1.807, 2.05) is 0 Å².